The van der Waals surface area contributed by atoms with Crippen molar-refractivity contribution in [3.05, 3.63) is 12.3 Å². The molecule has 2 heterocycles. The number of carbonyl (C=O) groups is 1. The number of amides is 1. The summed E-state index contributed by atoms with van der Waals surface area (Å²) in [7, 11) is 3.23. The number of aromatic nitrogens is 2. The van der Waals surface area contributed by atoms with E-state index < -0.39 is 0 Å². The highest BCUT2D eigenvalue weighted by molar-refractivity contribution is 5.79. The Morgan fingerprint density at radius 1 is 1.24 bits per heavy atom. The molecule has 2 aliphatic rings. The van der Waals surface area contributed by atoms with Crippen LogP contribution in [0.1, 0.15) is 25.7 Å². The van der Waals surface area contributed by atoms with Gasteiger partial charge in [0.1, 0.15) is 6.10 Å². The van der Waals surface area contributed by atoms with Gasteiger partial charge >= 0.3 is 0 Å². The molecule has 8 heteroatoms. The maximum atomic E-state index is 12.5. The van der Waals surface area contributed by atoms with Crippen LogP contribution < -0.4 is 15.4 Å². The summed E-state index contributed by atoms with van der Waals surface area (Å²) in [5, 5.41) is 6.41. The van der Waals surface area contributed by atoms with Crippen LogP contribution in [0.15, 0.2) is 12.3 Å². The zero-order valence-electron chi connectivity index (χ0n) is 14.7. The molecule has 138 valence electrons. The van der Waals surface area contributed by atoms with Crippen molar-refractivity contribution in [2.24, 2.45) is 5.92 Å². The summed E-state index contributed by atoms with van der Waals surface area (Å²) in [5.41, 5.74) is 0. The largest absolute Gasteiger partial charge is 0.481 e. The van der Waals surface area contributed by atoms with Crippen LogP contribution >= 0.6 is 0 Å². The Bertz CT molecular complexity index is 578. The van der Waals surface area contributed by atoms with Crippen LogP contribution in [-0.4, -0.2) is 61.5 Å². The molecular weight excluding hydrogens is 324 g/mol. The van der Waals surface area contributed by atoms with E-state index in [0.717, 1.165) is 25.7 Å². The van der Waals surface area contributed by atoms with Gasteiger partial charge in [0.15, 0.2) is 0 Å². The number of anilines is 1. The smallest absolute Gasteiger partial charge is 0.226 e. The van der Waals surface area contributed by atoms with Gasteiger partial charge in [0, 0.05) is 31.3 Å². The van der Waals surface area contributed by atoms with Crippen LogP contribution in [0.2, 0.25) is 0 Å². The monoisotopic (exact) mass is 350 g/mol. The van der Waals surface area contributed by atoms with Crippen molar-refractivity contribution in [3.8, 4) is 5.88 Å². The van der Waals surface area contributed by atoms with E-state index in [1.807, 2.05) is 0 Å². The molecule has 2 atom stereocenters. The van der Waals surface area contributed by atoms with E-state index in [-0.39, 0.29) is 30.0 Å². The van der Waals surface area contributed by atoms with Gasteiger partial charge in [-0.25, -0.2) is 4.98 Å². The molecule has 0 spiro atoms. The zero-order valence-corrected chi connectivity index (χ0v) is 14.7. The Balaban J connectivity index is 1.45. The first-order valence-corrected chi connectivity index (χ1v) is 8.74. The zero-order chi connectivity index (χ0) is 17.6. The second kappa shape index (κ2) is 8.44. The predicted molar refractivity (Wildman–Crippen MR) is 91.5 cm³/mol. The fourth-order valence-corrected chi connectivity index (χ4v) is 3.41. The minimum absolute atomic E-state index is 0.0430. The van der Waals surface area contributed by atoms with E-state index in [2.05, 4.69) is 20.6 Å². The van der Waals surface area contributed by atoms with Gasteiger partial charge in [0.25, 0.3) is 0 Å². The van der Waals surface area contributed by atoms with Gasteiger partial charge < -0.3 is 24.8 Å². The fraction of sp³-hybridized carbons (Fsp3) is 0.706. The first kappa shape index (κ1) is 17.9. The SMILES string of the molecule is COc1ccnc(NC2CCC(C(=O)N[C@H]3COC[C@@H]3OC)CC2)n1. The molecular formula is C17H26N4O4. The van der Waals surface area contributed by atoms with Gasteiger partial charge in [-0.3, -0.25) is 4.79 Å². The fourth-order valence-electron chi connectivity index (χ4n) is 3.41. The van der Waals surface area contributed by atoms with Crippen molar-refractivity contribution in [2.45, 2.75) is 43.9 Å². The van der Waals surface area contributed by atoms with Crippen LogP contribution in [0.3, 0.4) is 0 Å². The lowest BCUT2D eigenvalue weighted by Gasteiger charge is -2.29. The Labute approximate surface area is 147 Å². The van der Waals surface area contributed by atoms with Crippen molar-refractivity contribution >= 4 is 11.9 Å². The first-order valence-electron chi connectivity index (χ1n) is 8.74. The summed E-state index contributed by atoms with van der Waals surface area (Å²) in [5.74, 6) is 1.26. The van der Waals surface area contributed by atoms with Gasteiger partial charge in [-0.1, -0.05) is 0 Å². The normalized spacial score (nSPS) is 29.2. The maximum Gasteiger partial charge on any atom is 0.226 e. The van der Waals surface area contributed by atoms with Crippen LogP contribution in [0.5, 0.6) is 5.88 Å². The second-order valence-corrected chi connectivity index (χ2v) is 6.54. The highest BCUT2D eigenvalue weighted by Gasteiger charge is 2.33. The number of rotatable bonds is 6. The summed E-state index contributed by atoms with van der Waals surface area (Å²) in [6.45, 7) is 1.06. The quantitative estimate of drug-likeness (QED) is 0.790. The molecule has 3 rings (SSSR count). The Hall–Kier alpha value is -1.93. The summed E-state index contributed by atoms with van der Waals surface area (Å²) < 4.78 is 15.8. The van der Waals surface area contributed by atoms with Crippen molar-refractivity contribution in [1.82, 2.24) is 15.3 Å². The molecule has 0 aromatic carbocycles. The van der Waals surface area contributed by atoms with Gasteiger partial charge in [-0.05, 0) is 25.7 Å². The number of nitrogens with zero attached hydrogens (tertiary/aromatic N) is 2. The van der Waals surface area contributed by atoms with E-state index >= 15 is 0 Å². The lowest BCUT2D eigenvalue weighted by Crippen LogP contribution is -2.46. The molecule has 0 unspecified atom stereocenters. The van der Waals surface area contributed by atoms with E-state index in [1.54, 1.807) is 26.5 Å². The Morgan fingerprint density at radius 3 is 2.76 bits per heavy atom. The molecule has 1 saturated carbocycles. The maximum absolute atomic E-state index is 12.5. The van der Waals surface area contributed by atoms with Crippen LogP contribution in [0.25, 0.3) is 0 Å². The molecule has 2 N–H and O–H groups in total. The van der Waals surface area contributed by atoms with E-state index in [9.17, 15) is 4.79 Å². The molecule has 1 saturated heterocycles. The van der Waals surface area contributed by atoms with Crippen molar-refractivity contribution in [3.63, 3.8) is 0 Å². The van der Waals surface area contributed by atoms with Crippen LogP contribution in [0.4, 0.5) is 5.95 Å². The highest BCUT2D eigenvalue weighted by atomic mass is 16.5. The third kappa shape index (κ3) is 4.58. The average molecular weight is 350 g/mol. The molecule has 8 nitrogen and oxygen atoms in total. The lowest BCUT2D eigenvalue weighted by molar-refractivity contribution is -0.127. The minimum atomic E-state index is -0.0489. The number of hydrogen-bond acceptors (Lipinski definition) is 7. The van der Waals surface area contributed by atoms with Crippen molar-refractivity contribution in [2.75, 3.05) is 32.8 Å². The van der Waals surface area contributed by atoms with E-state index in [1.165, 1.54) is 0 Å². The number of nitrogens with one attached hydrogen (secondary N) is 2. The Kier molecular flexibility index (Phi) is 6.04. The minimum Gasteiger partial charge on any atom is -0.481 e. The average Bonchev–Trinajstić information content (AvgIpc) is 3.09. The first-order chi connectivity index (χ1) is 12.2. The molecule has 0 radical (unpaired) electrons. The summed E-state index contributed by atoms with van der Waals surface area (Å²) >= 11 is 0. The van der Waals surface area contributed by atoms with Crippen LogP contribution in [-0.2, 0) is 14.3 Å². The molecule has 1 aromatic heterocycles. The van der Waals surface area contributed by atoms with Crippen molar-refractivity contribution in [1.29, 1.82) is 0 Å². The second-order valence-electron chi connectivity index (χ2n) is 6.54. The van der Waals surface area contributed by atoms with Gasteiger partial charge in [-0.2, -0.15) is 4.98 Å². The van der Waals surface area contributed by atoms with Gasteiger partial charge in [0.05, 0.1) is 26.4 Å². The number of hydrogen-bond donors (Lipinski definition) is 2. The number of carbonyl (C=O) groups excluding carboxylic acids is 1. The van der Waals surface area contributed by atoms with E-state index in [4.69, 9.17) is 14.2 Å². The summed E-state index contributed by atoms with van der Waals surface area (Å²) in [4.78, 5) is 21.0. The lowest BCUT2D eigenvalue weighted by atomic mass is 9.85. The number of ether oxygens (including phenoxy) is 3. The van der Waals surface area contributed by atoms with Crippen LogP contribution in [0, 0.1) is 5.92 Å². The highest BCUT2D eigenvalue weighted by Crippen LogP contribution is 2.27. The van der Waals surface area contributed by atoms with Gasteiger partial charge in [0.2, 0.25) is 17.7 Å². The predicted octanol–water partition coefficient (Wildman–Crippen LogP) is 0.986. The third-order valence-electron chi connectivity index (χ3n) is 4.93. The van der Waals surface area contributed by atoms with Gasteiger partial charge in [-0.15, -0.1) is 0 Å². The molecule has 1 aliphatic heterocycles. The number of methoxy groups -OCH3 is 2. The summed E-state index contributed by atoms with van der Waals surface area (Å²) in [6, 6.07) is 1.95. The van der Waals surface area contributed by atoms with Crippen molar-refractivity contribution < 1.29 is 19.0 Å². The topological polar surface area (TPSA) is 94.6 Å². The molecule has 2 fully saturated rings. The molecule has 1 aromatic rings. The Morgan fingerprint density at radius 2 is 2.04 bits per heavy atom. The molecule has 1 aliphatic carbocycles. The molecule has 1 amide bonds. The molecule has 0 bridgehead atoms. The standard InChI is InChI=1S/C17H26N4O4/c1-23-14-10-25-9-13(14)20-16(22)11-3-5-12(6-4-11)19-17-18-8-7-15(21-17)24-2/h7-8,11-14H,3-6,9-10H2,1-2H3,(H,20,22)(H,18,19,21)/t11?,12?,13-,14-/m0/s1. The third-order valence-corrected chi connectivity index (χ3v) is 4.93. The summed E-state index contributed by atoms with van der Waals surface area (Å²) in [6.07, 6.45) is 5.13. The molecule has 25 heavy (non-hydrogen) atoms. The van der Waals surface area contributed by atoms with E-state index in [0.29, 0.717) is 25.0 Å².